The molecule has 0 aliphatic rings. The molecule has 0 bridgehead atoms. The molecule has 0 aliphatic carbocycles. The van der Waals surface area contributed by atoms with Crippen LogP contribution in [0.25, 0.3) is 0 Å². The number of primary amides is 1. The van der Waals surface area contributed by atoms with Crippen molar-refractivity contribution in [2.75, 3.05) is 0 Å². The van der Waals surface area contributed by atoms with Gasteiger partial charge in [-0.15, -0.1) is 11.3 Å². The van der Waals surface area contributed by atoms with Crippen LogP contribution in [0.15, 0.2) is 12.1 Å². The van der Waals surface area contributed by atoms with Crippen LogP contribution in [0.4, 0.5) is 0 Å². The first-order valence-corrected chi connectivity index (χ1v) is 5.98. The molecule has 0 aromatic carbocycles. The zero-order chi connectivity index (χ0) is 11.4. The van der Waals surface area contributed by atoms with Gasteiger partial charge >= 0.3 is 0 Å². The second-order valence-corrected chi connectivity index (χ2v) is 5.02. The largest absolute Gasteiger partial charge is 0.368 e. The minimum atomic E-state index is -0.280. The lowest BCUT2D eigenvalue weighted by atomic mass is 10.1. The van der Waals surface area contributed by atoms with E-state index >= 15 is 0 Å². The summed E-state index contributed by atoms with van der Waals surface area (Å²) in [6, 6.07) is 4.12. The molecule has 0 radical (unpaired) electrons. The highest BCUT2D eigenvalue weighted by molar-refractivity contribution is 7.12. The highest BCUT2D eigenvalue weighted by Crippen LogP contribution is 2.22. The first-order valence-electron chi connectivity index (χ1n) is 5.16. The average molecular weight is 226 g/mol. The standard InChI is InChI=1S/C11H18N2OS/c1-4-9(11(12)14)13-8(3)10-6-5-7(2)15-10/h5-6,8-9,13H,4H2,1-3H3,(H2,12,14). The van der Waals surface area contributed by atoms with Crippen LogP contribution in [0.1, 0.15) is 36.1 Å². The number of nitrogens with one attached hydrogen (secondary N) is 1. The Bertz CT molecular complexity index is 335. The number of carbonyl (C=O) groups excluding carboxylic acids is 1. The van der Waals surface area contributed by atoms with E-state index in [0.29, 0.717) is 0 Å². The molecule has 1 rings (SSSR count). The van der Waals surface area contributed by atoms with Crippen molar-refractivity contribution in [1.29, 1.82) is 0 Å². The summed E-state index contributed by atoms with van der Waals surface area (Å²) >= 11 is 1.75. The van der Waals surface area contributed by atoms with Gasteiger partial charge in [0.25, 0.3) is 0 Å². The lowest BCUT2D eigenvalue weighted by molar-refractivity contribution is -0.120. The molecular weight excluding hydrogens is 208 g/mol. The minimum Gasteiger partial charge on any atom is -0.368 e. The Morgan fingerprint density at radius 3 is 2.67 bits per heavy atom. The van der Waals surface area contributed by atoms with Crippen molar-refractivity contribution in [3.63, 3.8) is 0 Å². The molecule has 84 valence electrons. The maximum Gasteiger partial charge on any atom is 0.234 e. The Kier molecular flexibility index (Phi) is 4.29. The van der Waals surface area contributed by atoms with Gasteiger partial charge < -0.3 is 5.73 Å². The molecule has 2 atom stereocenters. The summed E-state index contributed by atoms with van der Waals surface area (Å²) in [5.74, 6) is -0.280. The van der Waals surface area contributed by atoms with Gasteiger partial charge in [0, 0.05) is 15.8 Å². The summed E-state index contributed by atoms with van der Waals surface area (Å²) in [6.07, 6.45) is 0.726. The molecule has 1 aromatic heterocycles. The SMILES string of the molecule is CCC(NC(C)c1ccc(C)s1)C(N)=O. The maximum absolute atomic E-state index is 11.1. The van der Waals surface area contributed by atoms with Gasteiger partial charge in [0.2, 0.25) is 5.91 Å². The van der Waals surface area contributed by atoms with Gasteiger partial charge in [-0.2, -0.15) is 0 Å². The van der Waals surface area contributed by atoms with Gasteiger partial charge in [-0.25, -0.2) is 0 Å². The molecule has 2 unspecified atom stereocenters. The van der Waals surface area contributed by atoms with Gasteiger partial charge in [-0.3, -0.25) is 10.1 Å². The Balaban J connectivity index is 2.62. The molecule has 0 fully saturated rings. The van der Waals surface area contributed by atoms with Gasteiger partial charge in [0.05, 0.1) is 6.04 Å². The van der Waals surface area contributed by atoms with Gasteiger partial charge in [-0.05, 0) is 32.4 Å². The monoisotopic (exact) mass is 226 g/mol. The molecule has 4 heteroatoms. The lowest BCUT2D eigenvalue weighted by Gasteiger charge is -2.18. The highest BCUT2D eigenvalue weighted by atomic mass is 32.1. The number of nitrogens with two attached hydrogens (primary N) is 1. The van der Waals surface area contributed by atoms with Crippen molar-refractivity contribution in [3.8, 4) is 0 Å². The molecule has 3 N–H and O–H groups in total. The molecule has 1 heterocycles. The van der Waals surface area contributed by atoms with Crippen molar-refractivity contribution in [1.82, 2.24) is 5.32 Å². The van der Waals surface area contributed by atoms with Crippen LogP contribution in [-0.4, -0.2) is 11.9 Å². The van der Waals surface area contributed by atoms with Crippen LogP contribution >= 0.6 is 11.3 Å². The molecule has 0 saturated heterocycles. The molecule has 3 nitrogen and oxygen atoms in total. The maximum atomic E-state index is 11.1. The van der Waals surface area contributed by atoms with Crippen molar-refractivity contribution in [2.24, 2.45) is 5.73 Å². The van der Waals surface area contributed by atoms with Crippen LogP contribution in [-0.2, 0) is 4.79 Å². The molecule has 1 amide bonds. The third kappa shape index (κ3) is 3.32. The summed E-state index contributed by atoms with van der Waals surface area (Å²) in [5.41, 5.74) is 5.28. The molecule has 0 aliphatic heterocycles. The average Bonchev–Trinajstić information content (AvgIpc) is 2.60. The van der Waals surface area contributed by atoms with Gasteiger partial charge in [0.1, 0.15) is 0 Å². The lowest BCUT2D eigenvalue weighted by Crippen LogP contribution is -2.41. The van der Waals surface area contributed by atoms with E-state index in [-0.39, 0.29) is 18.0 Å². The van der Waals surface area contributed by atoms with E-state index < -0.39 is 0 Å². The highest BCUT2D eigenvalue weighted by Gasteiger charge is 2.16. The van der Waals surface area contributed by atoms with Crippen molar-refractivity contribution in [3.05, 3.63) is 21.9 Å². The number of thiophene rings is 1. The predicted octanol–water partition coefficient (Wildman–Crippen LogP) is 1.97. The Labute approximate surface area is 94.7 Å². The van der Waals surface area contributed by atoms with Crippen molar-refractivity contribution >= 4 is 17.2 Å². The quantitative estimate of drug-likeness (QED) is 0.806. The predicted molar refractivity (Wildman–Crippen MR) is 63.9 cm³/mol. The van der Waals surface area contributed by atoms with E-state index in [1.807, 2.05) is 6.92 Å². The zero-order valence-electron chi connectivity index (χ0n) is 9.41. The third-order valence-electron chi connectivity index (χ3n) is 2.39. The van der Waals surface area contributed by atoms with Crippen LogP contribution in [0, 0.1) is 6.92 Å². The van der Waals surface area contributed by atoms with Gasteiger partial charge in [0.15, 0.2) is 0 Å². The number of hydrogen-bond donors (Lipinski definition) is 2. The Morgan fingerprint density at radius 1 is 1.60 bits per heavy atom. The fraction of sp³-hybridized carbons (Fsp3) is 0.545. The molecule has 0 saturated carbocycles. The molecule has 1 aromatic rings. The second-order valence-electron chi connectivity index (χ2n) is 3.70. The number of aryl methyl sites for hydroxylation is 1. The zero-order valence-corrected chi connectivity index (χ0v) is 10.2. The van der Waals surface area contributed by atoms with Crippen LogP contribution in [0.5, 0.6) is 0 Å². The third-order valence-corrected chi connectivity index (χ3v) is 3.57. The van der Waals surface area contributed by atoms with Crippen molar-refractivity contribution < 1.29 is 4.79 Å². The van der Waals surface area contributed by atoms with E-state index in [1.54, 1.807) is 11.3 Å². The minimum absolute atomic E-state index is 0.182. The Morgan fingerprint density at radius 2 is 2.27 bits per heavy atom. The molecule has 15 heavy (non-hydrogen) atoms. The summed E-state index contributed by atoms with van der Waals surface area (Å²) in [6.45, 7) is 6.08. The molecule has 0 spiro atoms. The van der Waals surface area contributed by atoms with Crippen molar-refractivity contribution in [2.45, 2.75) is 39.3 Å². The van der Waals surface area contributed by atoms with Crippen LogP contribution in [0.2, 0.25) is 0 Å². The second kappa shape index (κ2) is 5.28. The fourth-order valence-electron chi connectivity index (χ4n) is 1.47. The Hall–Kier alpha value is -0.870. The van der Waals surface area contributed by atoms with Crippen LogP contribution in [0.3, 0.4) is 0 Å². The first kappa shape index (κ1) is 12.2. The van der Waals surface area contributed by atoms with Gasteiger partial charge in [-0.1, -0.05) is 6.92 Å². The first-order chi connectivity index (χ1) is 7.04. The topological polar surface area (TPSA) is 55.1 Å². The number of carbonyl (C=O) groups is 1. The summed E-state index contributed by atoms with van der Waals surface area (Å²) in [5, 5.41) is 3.23. The van der Waals surface area contributed by atoms with E-state index in [0.717, 1.165) is 6.42 Å². The summed E-state index contributed by atoms with van der Waals surface area (Å²) in [4.78, 5) is 13.6. The smallest absolute Gasteiger partial charge is 0.234 e. The van der Waals surface area contributed by atoms with Crippen LogP contribution < -0.4 is 11.1 Å². The van der Waals surface area contributed by atoms with E-state index in [9.17, 15) is 4.79 Å². The normalized spacial score (nSPS) is 14.9. The molecular formula is C11H18N2OS. The fourth-order valence-corrected chi connectivity index (χ4v) is 2.36. The van der Waals surface area contributed by atoms with E-state index in [2.05, 4.69) is 31.3 Å². The number of amides is 1. The number of hydrogen-bond acceptors (Lipinski definition) is 3. The summed E-state index contributed by atoms with van der Waals surface area (Å²) < 4.78 is 0. The van der Waals surface area contributed by atoms with E-state index in [4.69, 9.17) is 5.73 Å². The van der Waals surface area contributed by atoms with E-state index in [1.165, 1.54) is 9.75 Å². The number of rotatable bonds is 5. The summed E-state index contributed by atoms with van der Waals surface area (Å²) in [7, 11) is 0.